The molecule has 0 amide bonds. The molecule has 0 aliphatic carbocycles. The van der Waals surface area contributed by atoms with Crippen LogP contribution in [0, 0.1) is 11.3 Å². The fraction of sp³-hybridized carbons (Fsp3) is 0.867. The minimum absolute atomic E-state index is 0.441. The highest BCUT2D eigenvalue weighted by atomic mass is 14.3. The van der Waals surface area contributed by atoms with Gasteiger partial charge in [0.05, 0.1) is 0 Å². The molecule has 0 aromatic heterocycles. The molecule has 0 radical (unpaired) electrons. The largest absolute Gasteiger partial charge is 0.0999 e. The zero-order valence-corrected chi connectivity index (χ0v) is 11.5. The van der Waals surface area contributed by atoms with Gasteiger partial charge in [0.1, 0.15) is 0 Å². The molecule has 0 aromatic rings. The fourth-order valence-electron chi connectivity index (χ4n) is 2.51. The minimum atomic E-state index is 0.441. The molecule has 0 aliphatic rings. The van der Waals surface area contributed by atoms with E-state index >= 15 is 0 Å². The molecule has 0 N–H and O–H groups in total. The van der Waals surface area contributed by atoms with Crippen molar-refractivity contribution in [1.29, 1.82) is 0 Å². The second kappa shape index (κ2) is 7.09. The maximum atomic E-state index is 4.16. The second-order valence-corrected chi connectivity index (χ2v) is 5.52. The molecule has 0 heterocycles. The highest BCUT2D eigenvalue weighted by Gasteiger charge is 2.27. The molecule has 0 bridgehead atoms. The monoisotopic (exact) mass is 210 g/mol. The van der Waals surface area contributed by atoms with Crippen molar-refractivity contribution < 1.29 is 0 Å². The first-order chi connectivity index (χ1) is 6.97. The van der Waals surface area contributed by atoms with Gasteiger partial charge < -0.3 is 0 Å². The van der Waals surface area contributed by atoms with Gasteiger partial charge in [-0.05, 0) is 30.6 Å². The van der Waals surface area contributed by atoms with Gasteiger partial charge in [-0.3, -0.25) is 0 Å². The SMILES string of the molecule is C=C(CC)CC(C)(C)C(CC)CCCC. The van der Waals surface area contributed by atoms with Crippen LogP contribution in [0.3, 0.4) is 0 Å². The third-order valence-corrected chi connectivity index (χ3v) is 3.71. The van der Waals surface area contributed by atoms with E-state index in [0.29, 0.717) is 5.41 Å². The van der Waals surface area contributed by atoms with E-state index in [1.165, 1.54) is 37.7 Å². The van der Waals surface area contributed by atoms with Crippen LogP contribution in [0.25, 0.3) is 0 Å². The maximum absolute atomic E-state index is 4.16. The Kier molecular flexibility index (Phi) is 6.96. The van der Waals surface area contributed by atoms with E-state index < -0.39 is 0 Å². The lowest BCUT2D eigenvalue weighted by Gasteiger charge is -2.34. The van der Waals surface area contributed by atoms with Gasteiger partial charge in [-0.15, -0.1) is 0 Å². The maximum Gasteiger partial charge on any atom is -0.0269 e. The number of allylic oxidation sites excluding steroid dienone is 1. The number of hydrogen-bond acceptors (Lipinski definition) is 0. The molecular weight excluding hydrogens is 180 g/mol. The Morgan fingerprint density at radius 3 is 2.20 bits per heavy atom. The van der Waals surface area contributed by atoms with Gasteiger partial charge >= 0.3 is 0 Å². The van der Waals surface area contributed by atoms with Crippen LogP contribution >= 0.6 is 0 Å². The normalized spacial score (nSPS) is 13.9. The predicted octanol–water partition coefficient (Wildman–Crippen LogP) is 5.59. The summed E-state index contributed by atoms with van der Waals surface area (Å²) in [7, 11) is 0. The van der Waals surface area contributed by atoms with Crippen LogP contribution in [-0.4, -0.2) is 0 Å². The second-order valence-electron chi connectivity index (χ2n) is 5.52. The Labute approximate surface area is 97.2 Å². The molecule has 0 saturated carbocycles. The number of unbranched alkanes of at least 4 members (excludes halogenated alkanes) is 1. The van der Waals surface area contributed by atoms with Crippen LogP contribution < -0.4 is 0 Å². The molecule has 0 aliphatic heterocycles. The Balaban J connectivity index is 4.29. The summed E-state index contributed by atoms with van der Waals surface area (Å²) in [6.07, 6.45) is 7.72. The average molecular weight is 210 g/mol. The molecule has 0 nitrogen and oxygen atoms in total. The van der Waals surface area contributed by atoms with E-state index in [-0.39, 0.29) is 0 Å². The van der Waals surface area contributed by atoms with Crippen LogP contribution in [-0.2, 0) is 0 Å². The Morgan fingerprint density at radius 2 is 1.80 bits per heavy atom. The summed E-state index contributed by atoms with van der Waals surface area (Å²) in [4.78, 5) is 0. The van der Waals surface area contributed by atoms with Crippen molar-refractivity contribution in [1.82, 2.24) is 0 Å². The number of rotatable bonds is 8. The molecule has 0 aromatic carbocycles. The van der Waals surface area contributed by atoms with Crippen LogP contribution in [0.2, 0.25) is 0 Å². The van der Waals surface area contributed by atoms with E-state index in [2.05, 4.69) is 41.2 Å². The molecular formula is C15H30. The molecule has 0 spiro atoms. The summed E-state index contributed by atoms with van der Waals surface area (Å²) in [6, 6.07) is 0. The summed E-state index contributed by atoms with van der Waals surface area (Å²) in [5.41, 5.74) is 1.85. The predicted molar refractivity (Wildman–Crippen MR) is 71.1 cm³/mol. The number of hydrogen-bond donors (Lipinski definition) is 0. The summed E-state index contributed by atoms with van der Waals surface area (Å²) < 4.78 is 0. The molecule has 0 rings (SSSR count). The molecule has 1 unspecified atom stereocenters. The Hall–Kier alpha value is -0.260. The van der Waals surface area contributed by atoms with E-state index in [1.54, 1.807) is 0 Å². The van der Waals surface area contributed by atoms with Gasteiger partial charge in [0, 0.05) is 0 Å². The third-order valence-electron chi connectivity index (χ3n) is 3.71. The van der Waals surface area contributed by atoms with Crippen LogP contribution in [0.5, 0.6) is 0 Å². The lowest BCUT2D eigenvalue weighted by atomic mass is 9.71. The van der Waals surface area contributed by atoms with Crippen LogP contribution in [0.4, 0.5) is 0 Å². The third kappa shape index (κ3) is 5.39. The first kappa shape index (κ1) is 14.7. The first-order valence-corrected chi connectivity index (χ1v) is 6.64. The van der Waals surface area contributed by atoms with Gasteiger partial charge in [0.15, 0.2) is 0 Å². The standard InChI is InChI=1S/C15H30/c1-7-10-11-14(9-3)15(5,6)12-13(4)8-2/h14H,4,7-12H2,1-3,5-6H3. The van der Waals surface area contributed by atoms with Crippen molar-refractivity contribution in [2.24, 2.45) is 11.3 Å². The molecule has 90 valence electrons. The van der Waals surface area contributed by atoms with E-state index in [1.807, 2.05) is 0 Å². The minimum Gasteiger partial charge on any atom is -0.0999 e. The molecule has 0 heteroatoms. The van der Waals surface area contributed by atoms with Gasteiger partial charge in [0.25, 0.3) is 0 Å². The summed E-state index contributed by atoms with van der Waals surface area (Å²) in [6.45, 7) is 15.8. The van der Waals surface area contributed by atoms with Crippen molar-refractivity contribution >= 4 is 0 Å². The van der Waals surface area contributed by atoms with Crippen LogP contribution in [0.1, 0.15) is 73.1 Å². The zero-order valence-electron chi connectivity index (χ0n) is 11.5. The van der Waals surface area contributed by atoms with Crippen molar-refractivity contribution in [2.75, 3.05) is 0 Å². The lowest BCUT2D eigenvalue weighted by Crippen LogP contribution is -2.24. The quantitative estimate of drug-likeness (QED) is 0.458. The van der Waals surface area contributed by atoms with E-state index in [0.717, 1.165) is 12.3 Å². The smallest absolute Gasteiger partial charge is 0.0269 e. The molecule has 1 atom stereocenters. The highest BCUT2D eigenvalue weighted by molar-refractivity contribution is 4.98. The van der Waals surface area contributed by atoms with Gasteiger partial charge in [-0.2, -0.15) is 0 Å². The Morgan fingerprint density at radius 1 is 1.20 bits per heavy atom. The van der Waals surface area contributed by atoms with Gasteiger partial charge in [0.2, 0.25) is 0 Å². The van der Waals surface area contributed by atoms with Crippen LogP contribution in [0.15, 0.2) is 12.2 Å². The molecule has 0 saturated heterocycles. The summed E-state index contributed by atoms with van der Waals surface area (Å²) in [5.74, 6) is 0.862. The van der Waals surface area contributed by atoms with E-state index in [4.69, 9.17) is 0 Å². The van der Waals surface area contributed by atoms with E-state index in [9.17, 15) is 0 Å². The highest BCUT2D eigenvalue weighted by Crippen LogP contribution is 2.38. The Bertz CT molecular complexity index is 176. The molecule has 0 fully saturated rings. The lowest BCUT2D eigenvalue weighted by molar-refractivity contribution is 0.186. The van der Waals surface area contributed by atoms with Crippen molar-refractivity contribution in [2.45, 2.75) is 73.1 Å². The van der Waals surface area contributed by atoms with Crippen molar-refractivity contribution in [3.63, 3.8) is 0 Å². The summed E-state index contributed by atoms with van der Waals surface area (Å²) >= 11 is 0. The average Bonchev–Trinajstić information content (AvgIpc) is 2.17. The zero-order chi connectivity index (χ0) is 11.9. The topological polar surface area (TPSA) is 0 Å². The van der Waals surface area contributed by atoms with Crippen molar-refractivity contribution in [3.8, 4) is 0 Å². The molecule has 15 heavy (non-hydrogen) atoms. The fourth-order valence-corrected chi connectivity index (χ4v) is 2.51. The van der Waals surface area contributed by atoms with Gasteiger partial charge in [-0.25, -0.2) is 0 Å². The van der Waals surface area contributed by atoms with Gasteiger partial charge in [-0.1, -0.05) is 66.0 Å². The van der Waals surface area contributed by atoms with Crippen molar-refractivity contribution in [3.05, 3.63) is 12.2 Å². The summed E-state index contributed by atoms with van der Waals surface area (Å²) in [5, 5.41) is 0. The first-order valence-electron chi connectivity index (χ1n) is 6.64.